The van der Waals surface area contributed by atoms with Crippen LogP contribution in [-0.4, -0.2) is 39.4 Å². The van der Waals surface area contributed by atoms with Crippen LogP contribution in [0.4, 0.5) is 11.6 Å². The highest BCUT2D eigenvalue weighted by molar-refractivity contribution is 6.03. The van der Waals surface area contributed by atoms with Crippen molar-refractivity contribution in [3.63, 3.8) is 0 Å². The maximum Gasteiger partial charge on any atom is 0.272 e. The number of benzene rings is 1. The van der Waals surface area contributed by atoms with Crippen molar-refractivity contribution < 1.29 is 9.59 Å². The highest BCUT2D eigenvalue weighted by Gasteiger charge is 2.36. The van der Waals surface area contributed by atoms with Crippen LogP contribution in [0.3, 0.4) is 0 Å². The third kappa shape index (κ3) is 3.64. The van der Waals surface area contributed by atoms with Crippen LogP contribution in [0.5, 0.6) is 0 Å². The van der Waals surface area contributed by atoms with Gasteiger partial charge in [-0.05, 0) is 64.0 Å². The first-order valence-electron chi connectivity index (χ1n) is 11.1. The van der Waals surface area contributed by atoms with E-state index in [1.54, 1.807) is 4.90 Å². The molecule has 0 N–H and O–H groups in total. The normalized spacial score (nSPS) is 16.0. The van der Waals surface area contributed by atoms with Crippen LogP contribution in [0.1, 0.15) is 65.5 Å². The Labute approximate surface area is 178 Å². The number of nitrogens with zero attached hydrogens (tertiary/aromatic N) is 4. The summed E-state index contributed by atoms with van der Waals surface area (Å²) < 4.78 is 1.97. The predicted molar refractivity (Wildman–Crippen MR) is 118 cm³/mol. The fraction of sp³-hybridized carbons (Fsp3) is 0.542. The summed E-state index contributed by atoms with van der Waals surface area (Å²) in [5.41, 5.74) is 5.49. The number of imidazole rings is 1. The van der Waals surface area contributed by atoms with Crippen molar-refractivity contribution >= 4 is 23.5 Å². The number of carbonyl (C=O) groups is 2. The molecular weight excluding hydrogens is 376 g/mol. The van der Waals surface area contributed by atoms with Crippen molar-refractivity contribution in [3.8, 4) is 0 Å². The van der Waals surface area contributed by atoms with E-state index in [-0.39, 0.29) is 11.8 Å². The fourth-order valence-corrected chi connectivity index (χ4v) is 4.70. The maximum atomic E-state index is 13.5. The first-order valence-corrected chi connectivity index (χ1v) is 11.1. The molecule has 4 rings (SSSR count). The molecule has 0 spiro atoms. The Morgan fingerprint density at radius 1 is 1.17 bits per heavy atom. The summed E-state index contributed by atoms with van der Waals surface area (Å²) in [6.45, 7) is 12.2. The van der Waals surface area contributed by atoms with Crippen molar-refractivity contribution in [1.29, 1.82) is 0 Å². The average Bonchev–Trinajstić information content (AvgIpc) is 3.42. The van der Waals surface area contributed by atoms with Crippen LogP contribution in [-0.2, 0) is 11.3 Å². The number of hydrogen-bond donors (Lipinski definition) is 0. The standard InChI is InChI=1S/C24H32N4O2/c1-6-10-26(14-19-7-8-19)23(30)22-18(5)25-24-27(22)11-9-20(29)28(24)21-16(3)12-15(2)13-17(21)4/h12-13,19H,6-11,14H2,1-5H3. The summed E-state index contributed by atoms with van der Waals surface area (Å²) in [5, 5.41) is 0. The minimum atomic E-state index is 0.0324. The second-order valence-corrected chi connectivity index (χ2v) is 8.92. The number of anilines is 2. The van der Waals surface area contributed by atoms with Crippen molar-refractivity contribution in [2.75, 3.05) is 18.0 Å². The van der Waals surface area contributed by atoms with E-state index in [9.17, 15) is 9.59 Å². The molecule has 1 saturated carbocycles. The molecule has 1 aliphatic heterocycles. The molecule has 0 atom stereocenters. The van der Waals surface area contributed by atoms with Gasteiger partial charge in [0.2, 0.25) is 11.9 Å². The van der Waals surface area contributed by atoms with E-state index in [4.69, 9.17) is 4.98 Å². The van der Waals surface area contributed by atoms with Crippen molar-refractivity contribution in [2.24, 2.45) is 5.92 Å². The summed E-state index contributed by atoms with van der Waals surface area (Å²) >= 11 is 0. The Morgan fingerprint density at radius 2 is 1.83 bits per heavy atom. The molecular formula is C24H32N4O2. The van der Waals surface area contributed by atoms with Crippen LogP contribution >= 0.6 is 0 Å². The summed E-state index contributed by atoms with van der Waals surface area (Å²) in [7, 11) is 0. The van der Waals surface area contributed by atoms with E-state index in [1.165, 1.54) is 18.4 Å². The van der Waals surface area contributed by atoms with E-state index in [1.807, 2.05) is 30.2 Å². The molecule has 0 saturated heterocycles. The summed E-state index contributed by atoms with van der Waals surface area (Å²) in [5.74, 6) is 1.29. The van der Waals surface area contributed by atoms with Gasteiger partial charge < -0.3 is 9.47 Å². The number of fused-ring (bicyclic) bond motifs is 1. The average molecular weight is 409 g/mol. The van der Waals surface area contributed by atoms with Gasteiger partial charge in [-0.25, -0.2) is 9.88 Å². The first-order chi connectivity index (χ1) is 14.3. The van der Waals surface area contributed by atoms with Crippen molar-refractivity contribution in [1.82, 2.24) is 14.5 Å². The van der Waals surface area contributed by atoms with E-state index < -0.39 is 0 Å². The molecule has 0 bridgehead atoms. The van der Waals surface area contributed by atoms with Gasteiger partial charge in [0.15, 0.2) is 0 Å². The lowest BCUT2D eigenvalue weighted by Gasteiger charge is -2.31. The van der Waals surface area contributed by atoms with E-state index >= 15 is 0 Å². The zero-order chi connectivity index (χ0) is 21.6. The lowest BCUT2D eigenvalue weighted by Crippen LogP contribution is -2.38. The van der Waals surface area contributed by atoms with Gasteiger partial charge >= 0.3 is 0 Å². The third-order valence-electron chi connectivity index (χ3n) is 6.14. The second-order valence-electron chi connectivity index (χ2n) is 8.92. The lowest BCUT2D eigenvalue weighted by atomic mass is 10.0. The summed E-state index contributed by atoms with van der Waals surface area (Å²) in [6.07, 6.45) is 3.73. The van der Waals surface area contributed by atoms with Crippen LogP contribution in [0, 0.1) is 33.6 Å². The minimum Gasteiger partial charge on any atom is -0.337 e. The largest absolute Gasteiger partial charge is 0.337 e. The van der Waals surface area contributed by atoms with Gasteiger partial charge in [-0.3, -0.25) is 9.59 Å². The quantitative estimate of drug-likeness (QED) is 0.710. The van der Waals surface area contributed by atoms with Crippen molar-refractivity contribution in [3.05, 3.63) is 40.2 Å². The Bertz CT molecular complexity index is 980. The van der Waals surface area contributed by atoms with E-state index in [2.05, 4.69) is 26.0 Å². The van der Waals surface area contributed by atoms with Gasteiger partial charge in [-0.2, -0.15) is 0 Å². The second kappa shape index (κ2) is 7.89. The molecule has 2 heterocycles. The summed E-state index contributed by atoms with van der Waals surface area (Å²) in [6, 6.07) is 4.18. The molecule has 2 aromatic rings. The fourth-order valence-electron chi connectivity index (χ4n) is 4.70. The molecule has 0 radical (unpaired) electrons. The molecule has 6 nitrogen and oxygen atoms in total. The monoisotopic (exact) mass is 408 g/mol. The number of aromatic nitrogens is 2. The Morgan fingerprint density at radius 3 is 2.43 bits per heavy atom. The molecule has 0 unspecified atom stereocenters. The smallest absolute Gasteiger partial charge is 0.272 e. The van der Waals surface area contributed by atoms with E-state index in [0.29, 0.717) is 36.2 Å². The van der Waals surface area contributed by atoms with Gasteiger partial charge in [0.1, 0.15) is 5.69 Å². The molecule has 2 amide bonds. The SMILES string of the molecule is CCCN(CC1CC1)C(=O)c1c(C)nc2n1CCC(=O)N2c1c(C)cc(C)cc1C. The molecule has 6 heteroatoms. The Hall–Kier alpha value is -2.63. The molecule has 1 fully saturated rings. The Kier molecular flexibility index (Phi) is 5.43. The number of hydrogen-bond acceptors (Lipinski definition) is 3. The zero-order valence-electron chi connectivity index (χ0n) is 18.8. The van der Waals surface area contributed by atoms with Crippen LogP contribution in [0.15, 0.2) is 12.1 Å². The molecule has 2 aliphatic rings. The highest BCUT2D eigenvalue weighted by atomic mass is 16.2. The third-order valence-corrected chi connectivity index (χ3v) is 6.14. The highest BCUT2D eigenvalue weighted by Crippen LogP contribution is 2.37. The molecule has 30 heavy (non-hydrogen) atoms. The number of carbonyl (C=O) groups excluding carboxylic acids is 2. The van der Waals surface area contributed by atoms with Crippen LogP contribution in [0.25, 0.3) is 0 Å². The predicted octanol–water partition coefficient (Wildman–Crippen LogP) is 4.45. The van der Waals surface area contributed by atoms with E-state index in [0.717, 1.165) is 36.3 Å². The van der Waals surface area contributed by atoms with Crippen LogP contribution < -0.4 is 4.90 Å². The molecule has 1 aliphatic carbocycles. The minimum absolute atomic E-state index is 0.0324. The molecule has 1 aromatic carbocycles. The van der Waals surface area contributed by atoms with Gasteiger partial charge in [-0.15, -0.1) is 0 Å². The molecule has 160 valence electrons. The Balaban J connectivity index is 1.77. The van der Waals surface area contributed by atoms with Crippen LogP contribution in [0.2, 0.25) is 0 Å². The number of amides is 2. The summed E-state index contributed by atoms with van der Waals surface area (Å²) in [4.78, 5) is 35.0. The van der Waals surface area contributed by atoms with Gasteiger partial charge in [0.05, 0.1) is 11.4 Å². The van der Waals surface area contributed by atoms with Gasteiger partial charge in [0, 0.05) is 26.1 Å². The number of aryl methyl sites for hydroxylation is 4. The number of rotatable bonds is 6. The molecule has 1 aromatic heterocycles. The topological polar surface area (TPSA) is 58.4 Å². The van der Waals surface area contributed by atoms with Gasteiger partial charge in [0.25, 0.3) is 5.91 Å². The lowest BCUT2D eigenvalue weighted by molar-refractivity contribution is -0.118. The zero-order valence-corrected chi connectivity index (χ0v) is 18.8. The first kappa shape index (κ1) is 20.6. The van der Waals surface area contributed by atoms with Crippen molar-refractivity contribution in [2.45, 2.75) is 66.8 Å². The maximum absolute atomic E-state index is 13.5. The van der Waals surface area contributed by atoms with Gasteiger partial charge in [-0.1, -0.05) is 24.6 Å².